The SMILES string of the molecule is COC(=O)C1(C(=O)OC)CCc2c([Si](C)(C)C)[nH]c3cccc(c23)C1. The van der Waals surface area contributed by atoms with Crippen LogP contribution in [0.1, 0.15) is 17.5 Å². The molecule has 6 heteroatoms. The summed E-state index contributed by atoms with van der Waals surface area (Å²) in [5.41, 5.74) is 2.05. The number of hydrogen-bond acceptors (Lipinski definition) is 4. The standard InChI is InChI=1S/C19H25NO4Si/c1-23-17(21)19(18(22)24-2)10-9-13-15-12(11-19)7-6-8-14(15)20-16(13)25(3,4)5/h6-8,20H,9-11H2,1-5H3. The summed E-state index contributed by atoms with van der Waals surface area (Å²) in [5.74, 6) is -1.03. The summed E-state index contributed by atoms with van der Waals surface area (Å²) in [7, 11) is 1.05. The second-order valence-corrected chi connectivity index (χ2v) is 12.8. The van der Waals surface area contributed by atoms with Gasteiger partial charge in [0.05, 0.1) is 22.3 Å². The summed E-state index contributed by atoms with van der Waals surface area (Å²) < 4.78 is 10.0. The van der Waals surface area contributed by atoms with E-state index in [2.05, 4.69) is 30.7 Å². The first-order valence-corrected chi connectivity index (χ1v) is 12.0. The lowest BCUT2D eigenvalue weighted by atomic mass is 9.78. The summed E-state index contributed by atoms with van der Waals surface area (Å²) in [5, 5.41) is 2.45. The average Bonchev–Trinajstić information content (AvgIpc) is 2.87. The van der Waals surface area contributed by atoms with Crippen LogP contribution in [0.25, 0.3) is 10.9 Å². The zero-order chi connectivity index (χ0) is 18.4. The Kier molecular flexibility index (Phi) is 4.27. The number of rotatable bonds is 3. The molecule has 0 saturated carbocycles. The van der Waals surface area contributed by atoms with Crippen LogP contribution >= 0.6 is 0 Å². The number of carbonyl (C=O) groups excluding carboxylic acids is 2. The molecule has 0 bridgehead atoms. The molecule has 1 aliphatic carbocycles. The zero-order valence-corrected chi connectivity index (χ0v) is 16.5. The summed E-state index contributed by atoms with van der Waals surface area (Å²) in [6, 6.07) is 6.03. The van der Waals surface area contributed by atoms with E-state index in [4.69, 9.17) is 9.47 Å². The molecule has 0 spiro atoms. The molecule has 134 valence electrons. The Morgan fingerprint density at radius 1 is 1.12 bits per heavy atom. The van der Waals surface area contributed by atoms with Crippen molar-refractivity contribution in [3.8, 4) is 0 Å². The van der Waals surface area contributed by atoms with Gasteiger partial charge in [0.15, 0.2) is 5.41 Å². The van der Waals surface area contributed by atoms with Crippen molar-refractivity contribution >= 4 is 36.2 Å². The summed E-state index contributed by atoms with van der Waals surface area (Å²) in [6.07, 6.45) is 1.35. The molecule has 0 fully saturated rings. The first kappa shape index (κ1) is 17.7. The van der Waals surface area contributed by atoms with Gasteiger partial charge in [0.2, 0.25) is 0 Å². The van der Waals surface area contributed by atoms with Crippen molar-refractivity contribution in [3.05, 3.63) is 29.3 Å². The predicted molar refractivity (Wildman–Crippen MR) is 99.8 cm³/mol. The Balaban J connectivity index is 2.23. The highest BCUT2D eigenvalue weighted by molar-refractivity contribution is 6.88. The van der Waals surface area contributed by atoms with Crippen molar-refractivity contribution in [2.45, 2.75) is 38.9 Å². The van der Waals surface area contributed by atoms with E-state index < -0.39 is 25.4 Å². The Labute approximate surface area is 148 Å². The van der Waals surface area contributed by atoms with Gasteiger partial charge in [-0.25, -0.2) is 0 Å². The van der Waals surface area contributed by atoms with E-state index in [9.17, 15) is 9.59 Å². The molecule has 1 aromatic heterocycles. The Hall–Kier alpha value is -2.08. The number of aryl methyl sites for hydroxylation is 1. The van der Waals surface area contributed by atoms with E-state index in [1.54, 1.807) is 0 Å². The highest BCUT2D eigenvalue weighted by Crippen LogP contribution is 2.39. The quantitative estimate of drug-likeness (QED) is 0.519. The Morgan fingerprint density at radius 2 is 1.76 bits per heavy atom. The molecule has 0 unspecified atom stereocenters. The van der Waals surface area contributed by atoms with Gasteiger partial charge in [-0.15, -0.1) is 0 Å². The van der Waals surface area contributed by atoms with E-state index in [0.717, 1.165) is 16.5 Å². The third-order valence-electron chi connectivity index (χ3n) is 5.21. The van der Waals surface area contributed by atoms with Gasteiger partial charge in [0.1, 0.15) is 0 Å². The zero-order valence-electron chi connectivity index (χ0n) is 15.5. The van der Waals surface area contributed by atoms with Crippen molar-refractivity contribution in [1.29, 1.82) is 0 Å². The lowest BCUT2D eigenvalue weighted by Crippen LogP contribution is -2.44. The maximum atomic E-state index is 12.6. The molecule has 0 saturated heterocycles. The number of methoxy groups -OCH3 is 2. The number of H-pyrrole nitrogens is 1. The smallest absolute Gasteiger partial charge is 0.323 e. The maximum absolute atomic E-state index is 12.6. The fourth-order valence-corrected chi connectivity index (χ4v) is 5.67. The third kappa shape index (κ3) is 2.68. The third-order valence-corrected chi connectivity index (χ3v) is 7.14. The highest BCUT2D eigenvalue weighted by atomic mass is 28.3. The second kappa shape index (κ2) is 6.02. The molecule has 0 radical (unpaired) electrons. The van der Waals surface area contributed by atoms with Crippen LogP contribution in [0, 0.1) is 5.41 Å². The van der Waals surface area contributed by atoms with E-state index >= 15 is 0 Å². The van der Waals surface area contributed by atoms with E-state index in [0.29, 0.717) is 19.3 Å². The molecule has 2 aromatic rings. The lowest BCUT2D eigenvalue weighted by molar-refractivity contribution is -0.169. The second-order valence-electron chi connectivity index (χ2n) is 7.81. The average molecular weight is 359 g/mol. The highest BCUT2D eigenvalue weighted by Gasteiger charge is 2.50. The fourth-order valence-electron chi connectivity index (χ4n) is 4.01. The molecule has 3 rings (SSSR count). The normalized spacial score (nSPS) is 16.4. The number of benzene rings is 1. The first-order chi connectivity index (χ1) is 11.7. The van der Waals surface area contributed by atoms with E-state index in [1.165, 1.54) is 25.1 Å². The molecule has 1 aromatic carbocycles. The topological polar surface area (TPSA) is 68.4 Å². The minimum absolute atomic E-state index is 0.305. The van der Waals surface area contributed by atoms with Gasteiger partial charge in [-0.3, -0.25) is 9.59 Å². The van der Waals surface area contributed by atoms with Crippen molar-refractivity contribution in [2.24, 2.45) is 5.41 Å². The monoisotopic (exact) mass is 359 g/mol. The number of aromatic amines is 1. The van der Waals surface area contributed by atoms with Crippen LogP contribution in [0.5, 0.6) is 0 Å². The molecule has 0 amide bonds. The van der Waals surface area contributed by atoms with Gasteiger partial charge in [-0.1, -0.05) is 31.8 Å². The van der Waals surface area contributed by atoms with Gasteiger partial charge >= 0.3 is 11.9 Å². The van der Waals surface area contributed by atoms with Gasteiger partial charge in [-0.05, 0) is 36.5 Å². The van der Waals surface area contributed by atoms with E-state index in [1.807, 2.05) is 12.1 Å². The fraction of sp³-hybridized carbons (Fsp3) is 0.474. The molecule has 5 nitrogen and oxygen atoms in total. The first-order valence-electron chi connectivity index (χ1n) is 8.54. The van der Waals surface area contributed by atoms with Gasteiger partial charge in [0.25, 0.3) is 0 Å². The van der Waals surface area contributed by atoms with Crippen LogP contribution in [0.3, 0.4) is 0 Å². The van der Waals surface area contributed by atoms with Crippen molar-refractivity contribution in [2.75, 3.05) is 14.2 Å². The maximum Gasteiger partial charge on any atom is 0.323 e. The van der Waals surface area contributed by atoms with Crippen LogP contribution < -0.4 is 5.32 Å². The van der Waals surface area contributed by atoms with Gasteiger partial charge in [-0.2, -0.15) is 0 Å². The molecule has 0 atom stereocenters. The molecular formula is C19H25NO4Si. The summed E-state index contributed by atoms with van der Waals surface area (Å²) in [4.78, 5) is 28.8. The molecule has 1 heterocycles. The lowest BCUT2D eigenvalue weighted by Gasteiger charge is -2.27. The molecule has 1 aliphatic rings. The molecule has 0 aliphatic heterocycles. The van der Waals surface area contributed by atoms with Crippen molar-refractivity contribution < 1.29 is 19.1 Å². The minimum Gasteiger partial charge on any atom is -0.468 e. The van der Waals surface area contributed by atoms with Gasteiger partial charge < -0.3 is 14.5 Å². The molecule has 1 N–H and O–H groups in total. The van der Waals surface area contributed by atoms with Crippen molar-refractivity contribution in [3.63, 3.8) is 0 Å². The van der Waals surface area contributed by atoms with Crippen LogP contribution in [0.15, 0.2) is 18.2 Å². The number of aromatic nitrogens is 1. The summed E-state index contributed by atoms with van der Waals surface area (Å²) >= 11 is 0. The number of esters is 2. The number of ether oxygens (including phenoxy) is 2. The van der Waals surface area contributed by atoms with Crippen LogP contribution in [-0.4, -0.2) is 39.2 Å². The van der Waals surface area contributed by atoms with Crippen molar-refractivity contribution in [1.82, 2.24) is 4.98 Å². The largest absolute Gasteiger partial charge is 0.468 e. The number of carbonyl (C=O) groups is 2. The summed E-state index contributed by atoms with van der Waals surface area (Å²) in [6.45, 7) is 6.89. The van der Waals surface area contributed by atoms with Crippen LogP contribution in [-0.2, 0) is 31.9 Å². The number of hydrogen-bond donors (Lipinski definition) is 1. The Morgan fingerprint density at radius 3 is 2.32 bits per heavy atom. The van der Waals surface area contributed by atoms with Gasteiger partial charge in [0, 0.05) is 16.2 Å². The molecule has 25 heavy (non-hydrogen) atoms. The predicted octanol–water partition coefficient (Wildman–Crippen LogP) is 2.53. The Bertz CT molecular complexity index is 831. The van der Waals surface area contributed by atoms with E-state index in [-0.39, 0.29) is 0 Å². The minimum atomic E-state index is -1.60. The van der Waals surface area contributed by atoms with Crippen LogP contribution in [0.4, 0.5) is 0 Å². The number of nitrogens with one attached hydrogen (secondary N) is 1. The molecular weight excluding hydrogens is 334 g/mol. The van der Waals surface area contributed by atoms with Crippen LogP contribution in [0.2, 0.25) is 19.6 Å².